The number of carbonyl (C=O) groups is 1. The highest BCUT2D eigenvalue weighted by molar-refractivity contribution is 5.85. The van der Waals surface area contributed by atoms with Gasteiger partial charge in [0.25, 0.3) is 5.56 Å². The molecule has 0 unspecified atom stereocenters. The summed E-state index contributed by atoms with van der Waals surface area (Å²) in [4.78, 5) is 29.3. The largest absolute Gasteiger partial charge is 0.493 e. The van der Waals surface area contributed by atoms with Gasteiger partial charge in [0.05, 0.1) is 12.1 Å². The Balaban J connectivity index is 1.11. The molecule has 3 aromatic rings. The van der Waals surface area contributed by atoms with Crippen LogP contribution >= 0.6 is 0 Å². The number of amides is 1. The van der Waals surface area contributed by atoms with Gasteiger partial charge in [-0.05, 0) is 24.1 Å². The standard InChI is InChI=1S/C27H34N4O3/c1-29-24-11-6-5-10-23(24)25(20-27(29)33)34-19-7-12-26(32)28-13-14-30-15-17-31(18-16-30)21-22-8-3-2-4-9-22/h2-6,8-11,20H,7,12-19,21H2,1H3,(H,28,32). The van der Waals surface area contributed by atoms with Crippen LogP contribution < -0.4 is 15.6 Å². The number of fused-ring (bicyclic) bond motifs is 1. The van der Waals surface area contributed by atoms with Crippen molar-refractivity contribution in [2.75, 3.05) is 45.9 Å². The van der Waals surface area contributed by atoms with Crippen LogP contribution in [0.5, 0.6) is 5.75 Å². The van der Waals surface area contributed by atoms with E-state index < -0.39 is 0 Å². The van der Waals surface area contributed by atoms with E-state index in [0.717, 1.165) is 50.2 Å². The number of pyridine rings is 1. The molecule has 1 fully saturated rings. The second-order valence-corrected chi connectivity index (χ2v) is 8.83. The fourth-order valence-corrected chi connectivity index (χ4v) is 4.37. The Kier molecular flexibility index (Phi) is 8.33. The van der Waals surface area contributed by atoms with Crippen LogP contribution in [-0.4, -0.2) is 66.1 Å². The lowest BCUT2D eigenvalue weighted by Gasteiger charge is -2.34. The van der Waals surface area contributed by atoms with Crippen LogP contribution in [0.1, 0.15) is 18.4 Å². The van der Waals surface area contributed by atoms with Gasteiger partial charge in [-0.1, -0.05) is 42.5 Å². The molecule has 1 aliphatic rings. The Hall–Kier alpha value is -3.16. The van der Waals surface area contributed by atoms with Crippen molar-refractivity contribution in [2.24, 2.45) is 7.05 Å². The van der Waals surface area contributed by atoms with Crippen LogP contribution in [0, 0.1) is 0 Å². The number of rotatable bonds is 10. The van der Waals surface area contributed by atoms with E-state index in [9.17, 15) is 9.59 Å². The summed E-state index contributed by atoms with van der Waals surface area (Å²) in [5.74, 6) is 0.616. The lowest BCUT2D eigenvalue weighted by Crippen LogP contribution is -2.48. The van der Waals surface area contributed by atoms with Crippen molar-refractivity contribution < 1.29 is 9.53 Å². The summed E-state index contributed by atoms with van der Waals surface area (Å²) in [6, 6.07) is 19.8. The van der Waals surface area contributed by atoms with E-state index in [2.05, 4.69) is 45.4 Å². The van der Waals surface area contributed by atoms with Crippen molar-refractivity contribution in [2.45, 2.75) is 19.4 Å². The molecule has 2 heterocycles. The number of nitrogens with one attached hydrogen (secondary N) is 1. The van der Waals surface area contributed by atoms with Crippen molar-refractivity contribution in [3.8, 4) is 5.75 Å². The van der Waals surface area contributed by atoms with E-state index in [1.807, 2.05) is 24.3 Å². The number of nitrogens with zero attached hydrogens (tertiary/aromatic N) is 3. The molecule has 1 N–H and O–H groups in total. The Labute approximate surface area is 200 Å². The lowest BCUT2D eigenvalue weighted by atomic mass is 10.2. The van der Waals surface area contributed by atoms with Gasteiger partial charge in [-0.25, -0.2) is 0 Å². The quantitative estimate of drug-likeness (QED) is 0.469. The summed E-state index contributed by atoms with van der Waals surface area (Å²) in [5, 5.41) is 3.92. The summed E-state index contributed by atoms with van der Waals surface area (Å²) in [6.45, 7) is 7.10. The maximum Gasteiger partial charge on any atom is 0.254 e. The summed E-state index contributed by atoms with van der Waals surface area (Å²) in [5.41, 5.74) is 2.09. The third-order valence-corrected chi connectivity index (χ3v) is 6.39. The summed E-state index contributed by atoms with van der Waals surface area (Å²) in [6.07, 6.45) is 1.02. The Bertz CT molecular complexity index is 1140. The van der Waals surface area contributed by atoms with Gasteiger partial charge in [0, 0.05) is 70.7 Å². The van der Waals surface area contributed by atoms with E-state index in [4.69, 9.17) is 4.74 Å². The zero-order chi connectivity index (χ0) is 23.8. The van der Waals surface area contributed by atoms with Crippen LogP contribution in [0.25, 0.3) is 10.9 Å². The summed E-state index contributed by atoms with van der Waals surface area (Å²) in [7, 11) is 1.75. The molecule has 4 rings (SSSR count). The van der Waals surface area contributed by atoms with Crippen LogP contribution in [0.4, 0.5) is 0 Å². The average molecular weight is 463 g/mol. The predicted octanol–water partition coefficient (Wildman–Crippen LogP) is 2.63. The molecule has 7 heteroatoms. The van der Waals surface area contributed by atoms with Crippen molar-refractivity contribution >= 4 is 16.8 Å². The molecule has 0 bridgehead atoms. The van der Waals surface area contributed by atoms with Crippen LogP contribution in [0.15, 0.2) is 65.5 Å². The van der Waals surface area contributed by atoms with Gasteiger partial charge in [0.2, 0.25) is 5.91 Å². The minimum atomic E-state index is -0.104. The Morgan fingerprint density at radius 1 is 0.971 bits per heavy atom. The number of carbonyl (C=O) groups excluding carboxylic acids is 1. The maximum atomic E-state index is 12.2. The van der Waals surface area contributed by atoms with Gasteiger partial charge in [-0.3, -0.25) is 19.4 Å². The van der Waals surface area contributed by atoms with Crippen molar-refractivity contribution in [3.05, 3.63) is 76.6 Å². The van der Waals surface area contributed by atoms with Crippen molar-refractivity contribution in [1.82, 2.24) is 19.7 Å². The molecule has 0 aliphatic carbocycles. The van der Waals surface area contributed by atoms with Crippen LogP contribution in [0.2, 0.25) is 0 Å². The minimum absolute atomic E-state index is 0.0418. The molecular formula is C27H34N4O3. The van der Waals surface area contributed by atoms with Gasteiger partial charge < -0.3 is 14.6 Å². The number of piperazine rings is 1. The number of benzene rings is 2. The maximum absolute atomic E-state index is 12.2. The number of ether oxygens (including phenoxy) is 1. The number of hydrogen-bond acceptors (Lipinski definition) is 5. The predicted molar refractivity (Wildman–Crippen MR) is 135 cm³/mol. The molecule has 7 nitrogen and oxygen atoms in total. The third kappa shape index (κ3) is 6.46. The van der Waals surface area contributed by atoms with Crippen LogP contribution in [-0.2, 0) is 18.4 Å². The van der Waals surface area contributed by atoms with E-state index in [-0.39, 0.29) is 11.5 Å². The number of para-hydroxylation sites is 1. The van der Waals surface area contributed by atoms with Gasteiger partial charge in [0.1, 0.15) is 5.75 Å². The minimum Gasteiger partial charge on any atom is -0.493 e. The van der Waals surface area contributed by atoms with Gasteiger partial charge in [0.15, 0.2) is 0 Å². The first-order chi connectivity index (χ1) is 16.6. The average Bonchev–Trinajstić information content (AvgIpc) is 2.86. The second kappa shape index (κ2) is 11.8. The van der Waals surface area contributed by atoms with Gasteiger partial charge in [-0.15, -0.1) is 0 Å². The van der Waals surface area contributed by atoms with Gasteiger partial charge in [-0.2, -0.15) is 0 Å². The normalized spacial score (nSPS) is 14.9. The Morgan fingerprint density at radius 2 is 1.68 bits per heavy atom. The topological polar surface area (TPSA) is 66.8 Å². The molecule has 1 saturated heterocycles. The zero-order valence-electron chi connectivity index (χ0n) is 19.9. The molecule has 0 saturated carbocycles. The van der Waals surface area contributed by atoms with Crippen molar-refractivity contribution in [3.63, 3.8) is 0 Å². The monoisotopic (exact) mass is 462 g/mol. The molecule has 1 amide bonds. The number of aromatic nitrogens is 1. The van der Waals surface area contributed by atoms with E-state index in [1.165, 1.54) is 11.6 Å². The van der Waals surface area contributed by atoms with Crippen molar-refractivity contribution in [1.29, 1.82) is 0 Å². The molecule has 0 atom stereocenters. The first kappa shape index (κ1) is 24.0. The molecule has 0 radical (unpaired) electrons. The number of aryl methyl sites for hydroxylation is 1. The fourth-order valence-electron chi connectivity index (χ4n) is 4.37. The first-order valence-electron chi connectivity index (χ1n) is 12.1. The van der Waals surface area contributed by atoms with E-state index in [0.29, 0.717) is 31.7 Å². The molecular weight excluding hydrogens is 428 g/mol. The number of hydrogen-bond donors (Lipinski definition) is 1. The van der Waals surface area contributed by atoms with Crippen LogP contribution in [0.3, 0.4) is 0 Å². The molecule has 1 aromatic heterocycles. The highest BCUT2D eigenvalue weighted by atomic mass is 16.5. The third-order valence-electron chi connectivity index (χ3n) is 6.39. The van der Waals surface area contributed by atoms with Gasteiger partial charge >= 0.3 is 0 Å². The molecule has 1 aliphatic heterocycles. The SMILES string of the molecule is Cn1c(=O)cc(OCCCC(=O)NCCN2CCN(Cc3ccccc3)CC2)c2ccccc21. The Morgan fingerprint density at radius 3 is 2.47 bits per heavy atom. The highest BCUT2D eigenvalue weighted by Crippen LogP contribution is 2.23. The molecule has 2 aromatic carbocycles. The zero-order valence-corrected chi connectivity index (χ0v) is 19.9. The summed E-state index contributed by atoms with van der Waals surface area (Å²) >= 11 is 0. The fraction of sp³-hybridized carbons (Fsp3) is 0.407. The first-order valence-corrected chi connectivity index (χ1v) is 12.1. The smallest absolute Gasteiger partial charge is 0.254 e. The summed E-state index contributed by atoms with van der Waals surface area (Å²) < 4.78 is 7.46. The van der Waals surface area contributed by atoms with E-state index >= 15 is 0 Å². The highest BCUT2D eigenvalue weighted by Gasteiger charge is 2.16. The van der Waals surface area contributed by atoms with E-state index in [1.54, 1.807) is 11.6 Å². The molecule has 180 valence electrons. The lowest BCUT2D eigenvalue weighted by molar-refractivity contribution is -0.121. The second-order valence-electron chi connectivity index (χ2n) is 8.83. The molecule has 0 spiro atoms. The molecule has 34 heavy (non-hydrogen) atoms.